The highest BCUT2D eigenvalue weighted by atomic mass is 16.5. The molecule has 0 heterocycles. The van der Waals surface area contributed by atoms with E-state index in [1.807, 2.05) is 38.4 Å². The Morgan fingerprint density at radius 3 is 2.00 bits per heavy atom. The molecule has 0 fully saturated rings. The van der Waals surface area contributed by atoms with Gasteiger partial charge in [0.05, 0.1) is 12.8 Å². The lowest BCUT2D eigenvalue weighted by Crippen LogP contribution is -2.33. The highest BCUT2D eigenvalue weighted by molar-refractivity contribution is 5.89. The molecule has 0 amide bonds. The highest BCUT2D eigenvalue weighted by Gasteiger charge is 2.20. The normalized spacial score (nSPS) is 12.5. The molecular formula is C14H22N2O. The van der Waals surface area contributed by atoms with Crippen molar-refractivity contribution < 1.29 is 4.74 Å². The smallest absolute Gasteiger partial charge is 0.119 e. The van der Waals surface area contributed by atoms with Gasteiger partial charge in [-0.3, -0.25) is 0 Å². The van der Waals surface area contributed by atoms with Crippen LogP contribution >= 0.6 is 0 Å². The zero-order valence-corrected chi connectivity index (χ0v) is 11.6. The molecular weight excluding hydrogens is 212 g/mol. The predicted octanol–water partition coefficient (Wildman–Crippen LogP) is 3.33. The monoisotopic (exact) mass is 234 g/mol. The van der Waals surface area contributed by atoms with Crippen LogP contribution in [0.1, 0.15) is 20.8 Å². The number of rotatable bonds is 2. The second-order valence-corrected chi connectivity index (χ2v) is 5.28. The summed E-state index contributed by atoms with van der Waals surface area (Å²) in [6.45, 7) is 6.49. The van der Waals surface area contributed by atoms with Crippen LogP contribution < -0.4 is 4.74 Å². The van der Waals surface area contributed by atoms with Gasteiger partial charge in [0.2, 0.25) is 0 Å². The van der Waals surface area contributed by atoms with E-state index in [0.717, 1.165) is 17.3 Å². The SMILES string of the molecule is COc1ccc(N=C(N(C)C)C(C)(C)C)cc1. The lowest BCUT2D eigenvalue weighted by molar-refractivity contribution is 0.415. The molecule has 0 spiro atoms. The topological polar surface area (TPSA) is 24.8 Å². The minimum absolute atomic E-state index is 0.0312. The first kappa shape index (κ1) is 13.6. The molecule has 0 N–H and O–H groups in total. The first-order chi connectivity index (χ1) is 7.84. The maximum atomic E-state index is 5.13. The van der Waals surface area contributed by atoms with Crippen molar-refractivity contribution in [3.05, 3.63) is 24.3 Å². The largest absolute Gasteiger partial charge is 0.497 e. The van der Waals surface area contributed by atoms with E-state index in [0.29, 0.717) is 0 Å². The maximum Gasteiger partial charge on any atom is 0.119 e. The van der Waals surface area contributed by atoms with Gasteiger partial charge in [-0.05, 0) is 24.3 Å². The van der Waals surface area contributed by atoms with Gasteiger partial charge < -0.3 is 9.64 Å². The number of hydrogen-bond donors (Lipinski definition) is 0. The number of ether oxygens (including phenoxy) is 1. The number of nitrogens with zero attached hydrogens (tertiary/aromatic N) is 2. The fraction of sp³-hybridized carbons (Fsp3) is 0.500. The molecule has 0 aliphatic rings. The summed E-state index contributed by atoms with van der Waals surface area (Å²) in [5.41, 5.74) is 0.980. The standard InChI is InChI=1S/C14H22N2O/c1-14(2,3)13(16(4)5)15-11-7-9-12(17-6)10-8-11/h7-10H,1-6H3. The Morgan fingerprint density at radius 2 is 1.65 bits per heavy atom. The average Bonchev–Trinajstić information content (AvgIpc) is 2.24. The predicted molar refractivity (Wildman–Crippen MR) is 73.2 cm³/mol. The first-order valence-electron chi connectivity index (χ1n) is 5.75. The Labute approximate surface area is 104 Å². The number of hydrogen-bond acceptors (Lipinski definition) is 2. The van der Waals surface area contributed by atoms with Crippen molar-refractivity contribution >= 4 is 11.5 Å². The zero-order chi connectivity index (χ0) is 13.1. The third-order valence-corrected chi connectivity index (χ3v) is 2.40. The fourth-order valence-corrected chi connectivity index (χ4v) is 1.72. The van der Waals surface area contributed by atoms with Gasteiger partial charge in [-0.2, -0.15) is 0 Å². The molecule has 3 heteroatoms. The van der Waals surface area contributed by atoms with Gasteiger partial charge >= 0.3 is 0 Å². The summed E-state index contributed by atoms with van der Waals surface area (Å²) in [5, 5.41) is 0. The fourth-order valence-electron chi connectivity index (χ4n) is 1.72. The molecule has 0 bridgehead atoms. The lowest BCUT2D eigenvalue weighted by atomic mass is 9.94. The van der Waals surface area contributed by atoms with Gasteiger partial charge in [0, 0.05) is 19.5 Å². The van der Waals surface area contributed by atoms with Crippen molar-refractivity contribution in [3.63, 3.8) is 0 Å². The van der Waals surface area contributed by atoms with E-state index in [-0.39, 0.29) is 5.41 Å². The van der Waals surface area contributed by atoms with Crippen molar-refractivity contribution in [3.8, 4) is 5.75 Å². The van der Waals surface area contributed by atoms with Crippen LogP contribution in [0.2, 0.25) is 0 Å². The van der Waals surface area contributed by atoms with Crippen molar-refractivity contribution in [2.24, 2.45) is 10.4 Å². The molecule has 0 aliphatic heterocycles. The molecule has 1 aromatic carbocycles. The summed E-state index contributed by atoms with van der Waals surface area (Å²) in [6.07, 6.45) is 0. The van der Waals surface area contributed by atoms with Crippen molar-refractivity contribution in [2.45, 2.75) is 20.8 Å². The van der Waals surface area contributed by atoms with Crippen LogP contribution in [0, 0.1) is 5.41 Å². The van der Waals surface area contributed by atoms with E-state index < -0.39 is 0 Å². The van der Waals surface area contributed by atoms with E-state index in [1.165, 1.54) is 0 Å². The van der Waals surface area contributed by atoms with Gasteiger partial charge in [0.25, 0.3) is 0 Å². The van der Waals surface area contributed by atoms with Crippen LogP contribution in [-0.2, 0) is 0 Å². The molecule has 0 atom stereocenters. The molecule has 0 aliphatic carbocycles. The Morgan fingerprint density at radius 1 is 1.12 bits per heavy atom. The van der Waals surface area contributed by atoms with Crippen LogP contribution in [0.3, 0.4) is 0 Å². The molecule has 0 unspecified atom stereocenters. The molecule has 0 saturated carbocycles. The van der Waals surface area contributed by atoms with Gasteiger partial charge in [-0.25, -0.2) is 4.99 Å². The summed E-state index contributed by atoms with van der Waals surface area (Å²) in [6, 6.07) is 7.78. The van der Waals surface area contributed by atoms with Crippen molar-refractivity contribution in [2.75, 3.05) is 21.2 Å². The van der Waals surface area contributed by atoms with E-state index in [4.69, 9.17) is 9.73 Å². The molecule has 1 aromatic rings. The summed E-state index contributed by atoms with van der Waals surface area (Å²) >= 11 is 0. The summed E-state index contributed by atoms with van der Waals surface area (Å²) in [7, 11) is 5.71. The molecule has 0 radical (unpaired) electrons. The van der Waals surface area contributed by atoms with Crippen molar-refractivity contribution in [1.29, 1.82) is 0 Å². The third-order valence-electron chi connectivity index (χ3n) is 2.40. The van der Waals surface area contributed by atoms with Gasteiger partial charge in [-0.15, -0.1) is 0 Å². The Bertz CT molecular complexity index is 386. The Hall–Kier alpha value is -1.51. The Kier molecular flexibility index (Phi) is 4.16. The third kappa shape index (κ3) is 3.77. The number of methoxy groups -OCH3 is 1. The summed E-state index contributed by atoms with van der Waals surface area (Å²) in [4.78, 5) is 6.75. The van der Waals surface area contributed by atoms with Crippen LogP contribution in [0.25, 0.3) is 0 Å². The van der Waals surface area contributed by atoms with E-state index in [1.54, 1.807) is 7.11 Å². The second-order valence-electron chi connectivity index (χ2n) is 5.28. The molecule has 0 saturated heterocycles. The van der Waals surface area contributed by atoms with Crippen LogP contribution in [0.5, 0.6) is 5.75 Å². The van der Waals surface area contributed by atoms with Crippen LogP contribution in [0.15, 0.2) is 29.3 Å². The van der Waals surface area contributed by atoms with Crippen molar-refractivity contribution in [1.82, 2.24) is 4.90 Å². The minimum atomic E-state index is 0.0312. The first-order valence-corrected chi connectivity index (χ1v) is 5.75. The average molecular weight is 234 g/mol. The number of aliphatic imine (C=N–C) groups is 1. The van der Waals surface area contributed by atoms with Gasteiger partial charge in [-0.1, -0.05) is 20.8 Å². The van der Waals surface area contributed by atoms with Gasteiger partial charge in [0.15, 0.2) is 0 Å². The lowest BCUT2D eigenvalue weighted by Gasteiger charge is -2.27. The second kappa shape index (κ2) is 5.21. The number of benzene rings is 1. The Balaban J connectivity index is 3.05. The van der Waals surface area contributed by atoms with E-state index >= 15 is 0 Å². The van der Waals surface area contributed by atoms with Crippen LogP contribution in [0.4, 0.5) is 5.69 Å². The quantitative estimate of drug-likeness (QED) is 0.579. The van der Waals surface area contributed by atoms with E-state index in [2.05, 4.69) is 25.7 Å². The highest BCUT2D eigenvalue weighted by Crippen LogP contribution is 2.23. The zero-order valence-electron chi connectivity index (χ0n) is 11.6. The molecule has 0 aromatic heterocycles. The number of amidine groups is 1. The maximum absolute atomic E-state index is 5.13. The molecule has 17 heavy (non-hydrogen) atoms. The summed E-state index contributed by atoms with van der Waals surface area (Å²) in [5.74, 6) is 1.91. The summed E-state index contributed by atoms with van der Waals surface area (Å²) < 4.78 is 5.13. The van der Waals surface area contributed by atoms with Gasteiger partial charge in [0.1, 0.15) is 11.6 Å². The van der Waals surface area contributed by atoms with Crippen LogP contribution in [-0.4, -0.2) is 31.9 Å². The molecule has 3 nitrogen and oxygen atoms in total. The molecule has 1 rings (SSSR count). The van der Waals surface area contributed by atoms with E-state index in [9.17, 15) is 0 Å². The minimum Gasteiger partial charge on any atom is -0.497 e. The molecule has 94 valence electrons.